The SMILES string of the molecule is COc1c(F)c(F)c(C(=O)NC(=S)Nc2ccc(Br)c(C)c2)c(F)c1F. The van der Waals surface area contributed by atoms with Crippen molar-refractivity contribution in [2.45, 2.75) is 6.92 Å². The number of amides is 1. The molecule has 0 aliphatic rings. The highest BCUT2D eigenvalue weighted by Crippen LogP contribution is 2.29. The first kappa shape index (κ1) is 20.1. The standard InChI is InChI=1S/C16H11BrF4N2O2S/c1-6-5-7(3-4-8(6)17)22-16(26)23-15(24)9-10(18)12(20)14(25-2)13(21)11(9)19/h3-5H,1-2H3,(H2,22,23,24,26). The minimum atomic E-state index is -1.89. The Bertz CT molecular complexity index is 879. The van der Waals surface area contributed by atoms with Crippen molar-refractivity contribution in [1.82, 2.24) is 5.32 Å². The summed E-state index contributed by atoms with van der Waals surface area (Å²) < 4.78 is 60.3. The van der Waals surface area contributed by atoms with Crippen molar-refractivity contribution in [2.24, 2.45) is 0 Å². The Morgan fingerprint density at radius 3 is 2.19 bits per heavy atom. The molecule has 0 heterocycles. The number of halogens is 5. The van der Waals surface area contributed by atoms with Crippen molar-refractivity contribution in [3.05, 3.63) is 57.1 Å². The number of benzene rings is 2. The van der Waals surface area contributed by atoms with E-state index in [2.05, 4.69) is 26.0 Å². The van der Waals surface area contributed by atoms with Crippen LogP contribution in [0.2, 0.25) is 0 Å². The Kier molecular flexibility index (Phi) is 6.19. The van der Waals surface area contributed by atoms with Crippen molar-refractivity contribution in [3.8, 4) is 5.75 Å². The zero-order valence-electron chi connectivity index (χ0n) is 13.3. The van der Waals surface area contributed by atoms with Gasteiger partial charge in [-0.1, -0.05) is 15.9 Å². The second-order valence-corrected chi connectivity index (χ2v) is 6.30. The number of rotatable bonds is 3. The first-order valence-electron chi connectivity index (χ1n) is 6.95. The van der Waals surface area contributed by atoms with Gasteiger partial charge in [0.2, 0.25) is 11.6 Å². The largest absolute Gasteiger partial charge is 0.491 e. The molecule has 0 aliphatic carbocycles. The summed E-state index contributed by atoms with van der Waals surface area (Å²) in [5.74, 6) is -10.1. The number of carbonyl (C=O) groups excluding carboxylic acids is 1. The second-order valence-electron chi connectivity index (χ2n) is 5.04. The van der Waals surface area contributed by atoms with E-state index in [1.165, 1.54) is 0 Å². The van der Waals surface area contributed by atoms with E-state index in [1.54, 1.807) is 18.2 Å². The van der Waals surface area contributed by atoms with Crippen LogP contribution in [-0.2, 0) is 0 Å². The molecular formula is C16H11BrF4N2O2S. The normalized spacial score (nSPS) is 10.4. The van der Waals surface area contributed by atoms with Crippen LogP contribution in [0.5, 0.6) is 5.75 Å². The van der Waals surface area contributed by atoms with Crippen molar-refractivity contribution >= 4 is 44.9 Å². The van der Waals surface area contributed by atoms with Crippen LogP contribution in [-0.4, -0.2) is 18.1 Å². The molecule has 0 bridgehead atoms. The molecule has 4 nitrogen and oxygen atoms in total. The summed E-state index contributed by atoms with van der Waals surface area (Å²) in [5, 5.41) is 4.28. The maximum absolute atomic E-state index is 13.9. The Morgan fingerprint density at radius 1 is 1.12 bits per heavy atom. The van der Waals surface area contributed by atoms with E-state index >= 15 is 0 Å². The molecule has 0 aromatic heterocycles. The van der Waals surface area contributed by atoms with Gasteiger partial charge in [-0.25, -0.2) is 8.78 Å². The lowest BCUT2D eigenvalue weighted by molar-refractivity contribution is 0.0966. The molecule has 138 valence electrons. The number of thiocarbonyl (C=S) groups is 1. The van der Waals surface area contributed by atoms with E-state index in [1.807, 2.05) is 12.2 Å². The molecule has 1 amide bonds. The van der Waals surface area contributed by atoms with Crippen LogP contribution in [0.3, 0.4) is 0 Å². The lowest BCUT2D eigenvalue weighted by atomic mass is 10.1. The molecule has 2 N–H and O–H groups in total. The third kappa shape index (κ3) is 3.96. The van der Waals surface area contributed by atoms with Crippen molar-refractivity contribution in [3.63, 3.8) is 0 Å². The Morgan fingerprint density at radius 2 is 1.69 bits per heavy atom. The highest BCUT2D eigenvalue weighted by molar-refractivity contribution is 9.10. The van der Waals surface area contributed by atoms with E-state index in [-0.39, 0.29) is 5.11 Å². The number of hydrogen-bond acceptors (Lipinski definition) is 3. The van der Waals surface area contributed by atoms with Gasteiger partial charge in [0.15, 0.2) is 22.5 Å². The molecule has 0 atom stereocenters. The zero-order valence-corrected chi connectivity index (χ0v) is 15.7. The number of hydrogen-bond donors (Lipinski definition) is 2. The van der Waals surface area contributed by atoms with Crippen LogP contribution in [0, 0.1) is 30.2 Å². The van der Waals surface area contributed by atoms with Crippen LogP contribution in [0.25, 0.3) is 0 Å². The van der Waals surface area contributed by atoms with Gasteiger partial charge in [-0.3, -0.25) is 10.1 Å². The summed E-state index contributed by atoms with van der Waals surface area (Å²) in [6, 6.07) is 5.04. The molecule has 0 radical (unpaired) electrons. The average Bonchev–Trinajstić information content (AvgIpc) is 2.57. The van der Waals surface area contributed by atoms with Gasteiger partial charge in [-0.05, 0) is 42.9 Å². The topological polar surface area (TPSA) is 50.4 Å². The molecular weight excluding hydrogens is 440 g/mol. The van der Waals surface area contributed by atoms with E-state index in [4.69, 9.17) is 12.2 Å². The van der Waals surface area contributed by atoms with Gasteiger partial charge >= 0.3 is 0 Å². The summed E-state index contributed by atoms with van der Waals surface area (Å²) in [6.07, 6.45) is 0. The Hall–Kier alpha value is -2.20. The Labute approximate surface area is 159 Å². The minimum Gasteiger partial charge on any atom is -0.491 e. The number of aryl methyl sites for hydroxylation is 1. The van der Waals surface area contributed by atoms with Gasteiger partial charge in [-0.2, -0.15) is 8.78 Å². The van der Waals surface area contributed by atoms with E-state index in [0.29, 0.717) is 5.69 Å². The van der Waals surface area contributed by atoms with E-state index in [0.717, 1.165) is 17.1 Å². The van der Waals surface area contributed by atoms with Gasteiger partial charge < -0.3 is 10.1 Å². The molecule has 0 saturated carbocycles. The molecule has 0 saturated heterocycles. The monoisotopic (exact) mass is 450 g/mol. The fourth-order valence-electron chi connectivity index (χ4n) is 2.04. The van der Waals surface area contributed by atoms with Crippen LogP contribution in [0.4, 0.5) is 23.2 Å². The molecule has 0 spiro atoms. The quantitative estimate of drug-likeness (QED) is 0.412. The fraction of sp³-hybridized carbons (Fsp3) is 0.125. The average molecular weight is 451 g/mol. The zero-order chi connectivity index (χ0) is 19.6. The van der Waals surface area contributed by atoms with Gasteiger partial charge in [0.1, 0.15) is 5.56 Å². The first-order valence-corrected chi connectivity index (χ1v) is 8.15. The third-order valence-corrected chi connectivity index (χ3v) is 4.39. The van der Waals surface area contributed by atoms with Crippen molar-refractivity contribution in [2.75, 3.05) is 12.4 Å². The molecule has 0 aliphatic heterocycles. The molecule has 26 heavy (non-hydrogen) atoms. The summed E-state index contributed by atoms with van der Waals surface area (Å²) in [4.78, 5) is 12.0. The number of nitrogens with one attached hydrogen (secondary N) is 2. The van der Waals surface area contributed by atoms with Gasteiger partial charge in [0, 0.05) is 10.2 Å². The van der Waals surface area contributed by atoms with Crippen molar-refractivity contribution in [1.29, 1.82) is 0 Å². The van der Waals surface area contributed by atoms with Crippen LogP contribution >= 0.6 is 28.1 Å². The first-order chi connectivity index (χ1) is 12.2. The predicted molar refractivity (Wildman–Crippen MR) is 95.4 cm³/mol. The maximum Gasteiger partial charge on any atom is 0.263 e. The molecule has 0 fully saturated rings. The summed E-state index contributed by atoms with van der Waals surface area (Å²) in [6.45, 7) is 1.81. The van der Waals surface area contributed by atoms with Gasteiger partial charge in [-0.15, -0.1) is 0 Å². The third-order valence-electron chi connectivity index (χ3n) is 3.30. The summed E-state index contributed by atoms with van der Waals surface area (Å²) in [5.41, 5.74) is -0.0958. The smallest absolute Gasteiger partial charge is 0.263 e. The molecule has 2 aromatic carbocycles. The van der Waals surface area contributed by atoms with E-state index in [9.17, 15) is 22.4 Å². The second kappa shape index (κ2) is 8.00. The van der Waals surface area contributed by atoms with E-state index < -0.39 is 40.5 Å². The lowest BCUT2D eigenvalue weighted by Crippen LogP contribution is -2.35. The van der Waals surface area contributed by atoms with Crippen LogP contribution in [0.1, 0.15) is 15.9 Å². The maximum atomic E-state index is 13.9. The molecule has 0 unspecified atom stereocenters. The van der Waals surface area contributed by atoms with Gasteiger partial charge in [0.05, 0.1) is 7.11 Å². The number of anilines is 1. The number of methoxy groups -OCH3 is 1. The summed E-state index contributed by atoms with van der Waals surface area (Å²) in [7, 11) is 0.833. The molecule has 2 rings (SSSR count). The predicted octanol–water partition coefficient (Wildman–Crippen LogP) is 4.45. The number of carbonyl (C=O) groups is 1. The van der Waals surface area contributed by atoms with Gasteiger partial charge in [0.25, 0.3) is 5.91 Å². The highest BCUT2D eigenvalue weighted by atomic mass is 79.9. The summed E-state index contributed by atoms with van der Waals surface area (Å²) >= 11 is 8.19. The fourth-order valence-corrected chi connectivity index (χ4v) is 2.50. The Balaban J connectivity index is 2.24. The molecule has 2 aromatic rings. The molecule has 10 heteroatoms. The minimum absolute atomic E-state index is 0.313. The van der Waals surface area contributed by atoms with Crippen LogP contribution in [0.15, 0.2) is 22.7 Å². The lowest BCUT2D eigenvalue weighted by Gasteiger charge is -2.13. The number of ether oxygens (including phenoxy) is 1. The van der Waals surface area contributed by atoms with Crippen LogP contribution < -0.4 is 15.4 Å². The van der Waals surface area contributed by atoms with Crippen molar-refractivity contribution < 1.29 is 27.1 Å². The highest BCUT2D eigenvalue weighted by Gasteiger charge is 2.30.